The fourth-order valence-corrected chi connectivity index (χ4v) is 3.25. The lowest BCUT2D eigenvalue weighted by Crippen LogP contribution is -2.39. The summed E-state index contributed by atoms with van der Waals surface area (Å²) in [6, 6.07) is 10.0. The van der Waals surface area contributed by atoms with E-state index in [-0.39, 0.29) is 0 Å². The zero-order valence-electron chi connectivity index (χ0n) is 11.0. The second-order valence-corrected chi connectivity index (χ2v) is 5.58. The molecule has 0 saturated carbocycles. The first-order chi connectivity index (χ1) is 8.93. The van der Waals surface area contributed by atoms with Crippen LogP contribution in [0.2, 0.25) is 0 Å². The van der Waals surface area contributed by atoms with Crippen molar-refractivity contribution >= 4 is 0 Å². The SMILES string of the molecule is c1ccc2c(c1)CCCCC2NC1CCCOC1. The minimum absolute atomic E-state index is 0.537. The minimum Gasteiger partial charge on any atom is -0.380 e. The van der Waals surface area contributed by atoms with Crippen LogP contribution in [0.5, 0.6) is 0 Å². The molecule has 2 unspecified atom stereocenters. The normalized spacial score (nSPS) is 28.4. The molecule has 3 rings (SSSR count). The van der Waals surface area contributed by atoms with Gasteiger partial charge in [-0.25, -0.2) is 0 Å². The highest BCUT2D eigenvalue weighted by Gasteiger charge is 2.22. The Labute approximate surface area is 110 Å². The van der Waals surface area contributed by atoms with Crippen molar-refractivity contribution in [2.45, 2.75) is 50.6 Å². The van der Waals surface area contributed by atoms with Crippen molar-refractivity contribution in [2.75, 3.05) is 13.2 Å². The molecule has 0 spiro atoms. The van der Waals surface area contributed by atoms with Gasteiger partial charge in [0.05, 0.1) is 6.61 Å². The van der Waals surface area contributed by atoms with Gasteiger partial charge in [0.15, 0.2) is 0 Å². The first-order valence-corrected chi connectivity index (χ1v) is 7.35. The monoisotopic (exact) mass is 245 g/mol. The molecule has 1 heterocycles. The summed E-state index contributed by atoms with van der Waals surface area (Å²) < 4.78 is 5.58. The van der Waals surface area contributed by atoms with E-state index in [0.717, 1.165) is 13.2 Å². The summed E-state index contributed by atoms with van der Waals surface area (Å²) in [6.07, 6.45) is 7.64. The van der Waals surface area contributed by atoms with Gasteiger partial charge in [0, 0.05) is 18.7 Å². The van der Waals surface area contributed by atoms with E-state index in [9.17, 15) is 0 Å². The van der Waals surface area contributed by atoms with Gasteiger partial charge in [0.1, 0.15) is 0 Å². The van der Waals surface area contributed by atoms with Gasteiger partial charge in [-0.2, -0.15) is 0 Å². The summed E-state index contributed by atoms with van der Waals surface area (Å²) in [5.41, 5.74) is 3.07. The standard InChI is InChI=1S/C16H23NO/c1-3-9-15-13(6-1)7-2-4-10-16(15)17-14-8-5-11-18-12-14/h1,3,6,9,14,16-17H,2,4-5,7-8,10-12H2. The van der Waals surface area contributed by atoms with Crippen LogP contribution in [0.4, 0.5) is 0 Å². The van der Waals surface area contributed by atoms with E-state index in [2.05, 4.69) is 29.6 Å². The zero-order chi connectivity index (χ0) is 12.2. The quantitative estimate of drug-likeness (QED) is 0.808. The Morgan fingerprint density at radius 1 is 1.06 bits per heavy atom. The average Bonchev–Trinajstić information content (AvgIpc) is 2.63. The molecule has 2 atom stereocenters. The largest absolute Gasteiger partial charge is 0.380 e. The fraction of sp³-hybridized carbons (Fsp3) is 0.625. The third-order valence-electron chi connectivity index (χ3n) is 4.22. The average molecular weight is 245 g/mol. The first-order valence-electron chi connectivity index (χ1n) is 7.35. The number of nitrogens with one attached hydrogen (secondary N) is 1. The van der Waals surface area contributed by atoms with Crippen molar-refractivity contribution in [1.82, 2.24) is 5.32 Å². The zero-order valence-corrected chi connectivity index (χ0v) is 11.0. The van der Waals surface area contributed by atoms with Crippen LogP contribution in [0.25, 0.3) is 0 Å². The Bertz CT molecular complexity index is 384. The van der Waals surface area contributed by atoms with Crippen molar-refractivity contribution in [2.24, 2.45) is 0 Å². The maximum Gasteiger partial charge on any atom is 0.0619 e. The Kier molecular flexibility index (Phi) is 3.96. The third-order valence-corrected chi connectivity index (χ3v) is 4.22. The minimum atomic E-state index is 0.537. The second kappa shape index (κ2) is 5.85. The van der Waals surface area contributed by atoms with Crippen molar-refractivity contribution < 1.29 is 4.74 Å². The summed E-state index contributed by atoms with van der Waals surface area (Å²) >= 11 is 0. The number of ether oxygens (including phenoxy) is 1. The summed E-state index contributed by atoms with van der Waals surface area (Å²) in [6.45, 7) is 1.83. The van der Waals surface area contributed by atoms with Crippen molar-refractivity contribution in [1.29, 1.82) is 0 Å². The lowest BCUT2D eigenvalue weighted by atomic mass is 9.97. The molecule has 1 aromatic carbocycles. The van der Waals surface area contributed by atoms with Gasteiger partial charge < -0.3 is 10.1 Å². The van der Waals surface area contributed by atoms with Crippen molar-refractivity contribution in [3.8, 4) is 0 Å². The molecule has 2 aliphatic rings. The van der Waals surface area contributed by atoms with Gasteiger partial charge in [0.25, 0.3) is 0 Å². The molecule has 2 heteroatoms. The Hall–Kier alpha value is -0.860. The molecule has 1 N–H and O–H groups in total. The molecule has 1 fully saturated rings. The number of aryl methyl sites for hydroxylation is 1. The van der Waals surface area contributed by atoms with E-state index < -0.39 is 0 Å². The lowest BCUT2D eigenvalue weighted by Gasteiger charge is -2.29. The molecular weight excluding hydrogens is 222 g/mol. The van der Waals surface area contributed by atoms with Gasteiger partial charge in [-0.1, -0.05) is 30.7 Å². The molecule has 18 heavy (non-hydrogen) atoms. The smallest absolute Gasteiger partial charge is 0.0619 e. The molecule has 1 saturated heterocycles. The van der Waals surface area contributed by atoms with Crippen LogP contribution in [-0.2, 0) is 11.2 Å². The molecule has 2 nitrogen and oxygen atoms in total. The summed E-state index contributed by atoms with van der Waals surface area (Å²) in [7, 11) is 0. The van der Waals surface area contributed by atoms with Crippen LogP contribution in [-0.4, -0.2) is 19.3 Å². The Morgan fingerprint density at radius 3 is 2.89 bits per heavy atom. The second-order valence-electron chi connectivity index (χ2n) is 5.58. The first kappa shape index (κ1) is 12.2. The molecule has 0 bridgehead atoms. The van der Waals surface area contributed by atoms with Gasteiger partial charge in [0.2, 0.25) is 0 Å². The molecule has 98 valence electrons. The van der Waals surface area contributed by atoms with Gasteiger partial charge in [-0.3, -0.25) is 0 Å². The van der Waals surface area contributed by atoms with E-state index in [4.69, 9.17) is 4.74 Å². The van der Waals surface area contributed by atoms with Crippen LogP contribution in [0.15, 0.2) is 24.3 Å². The van der Waals surface area contributed by atoms with Gasteiger partial charge in [-0.05, 0) is 43.2 Å². The van der Waals surface area contributed by atoms with E-state index >= 15 is 0 Å². The summed E-state index contributed by atoms with van der Waals surface area (Å²) in [4.78, 5) is 0. The topological polar surface area (TPSA) is 21.3 Å². The van der Waals surface area contributed by atoms with Crippen LogP contribution < -0.4 is 5.32 Å². The number of hydrogen-bond donors (Lipinski definition) is 1. The number of rotatable bonds is 2. The molecule has 1 aliphatic carbocycles. The van der Waals surface area contributed by atoms with Crippen LogP contribution in [0.1, 0.15) is 49.3 Å². The molecular formula is C16H23NO. The maximum absolute atomic E-state index is 5.58. The fourth-order valence-electron chi connectivity index (χ4n) is 3.25. The van der Waals surface area contributed by atoms with E-state index in [1.807, 2.05) is 0 Å². The highest BCUT2D eigenvalue weighted by Crippen LogP contribution is 2.29. The van der Waals surface area contributed by atoms with Gasteiger partial charge >= 0.3 is 0 Å². The van der Waals surface area contributed by atoms with Crippen LogP contribution >= 0.6 is 0 Å². The predicted molar refractivity (Wildman–Crippen MR) is 73.7 cm³/mol. The van der Waals surface area contributed by atoms with Crippen LogP contribution in [0.3, 0.4) is 0 Å². The highest BCUT2D eigenvalue weighted by molar-refractivity contribution is 5.31. The molecule has 0 amide bonds. The predicted octanol–water partition coefficient (Wildman–Crippen LogP) is 3.22. The molecule has 0 aromatic heterocycles. The molecule has 1 aromatic rings. The van der Waals surface area contributed by atoms with E-state index in [1.54, 1.807) is 5.56 Å². The third kappa shape index (κ3) is 2.76. The lowest BCUT2D eigenvalue weighted by molar-refractivity contribution is 0.0658. The highest BCUT2D eigenvalue weighted by atomic mass is 16.5. The summed E-state index contributed by atoms with van der Waals surface area (Å²) in [5.74, 6) is 0. The maximum atomic E-state index is 5.58. The Morgan fingerprint density at radius 2 is 2.00 bits per heavy atom. The number of fused-ring (bicyclic) bond motifs is 1. The van der Waals surface area contributed by atoms with Crippen molar-refractivity contribution in [3.05, 3.63) is 35.4 Å². The van der Waals surface area contributed by atoms with E-state index in [0.29, 0.717) is 12.1 Å². The summed E-state index contributed by atoms with van der Waals surface area (Å²) in [5, 5.41) is 3.83. The molecule has 0 radical (unpaired) electrons. The van der Waals surface area contributed by atoms with Gasteiger partial charge in [-0.15, -0.1) is 0 Å². The number of hydrogen-bond acceptors (Lipinski definition) is 2. The molecule has 1 aliphatic heterocycles. The van der Waals surface area contributed by atoms with Crippen LogP contribution in [0, 0.1) is 0 Å². The van der Waals surface area contributed by atoms with Crippen molar-refractivity contribution in [3.63, 3.8) is 0 Å². The Balaban J connectivity index is 1.74. The van der Waals surface area contributed by atoms with E-state index in [1.165, 1.54) is 44.1 Å². The number of benzene rings is 1.